The van der Waals surface area contributed by atoms with Gasteiger partial charge in [-0.3, -0.25) is 4.79 Å². The van der Waals surface area contributed by atoms with Crippen molar-refractivity contribution in [1.29, 1.82) is 0 Å². The van der Waals surface area contributed by atoms with Crippen molar-refractivity contribution in [3.05, 3.63) is 64.3 Å². The maximum atomic E-state index is 13.0. The molecule has 3 N–H and O–H groups in total. The van der Waals surface area contributed by atoms with Crippen molar-refractivity contribution in [2.24, 2.45) is 0 Å². The predicted molar refractivity (Wildman–Crippen MR) is 114 cm³/mol. The van der Waals surface area contributed by atoms with Crippen molar-refractivity contribution in [3.8, 4) is 11.5 Å². The number of anilines is 1. The Hall–Kier alpha value is -2.77. The molecule has 0 fully saturated rings. The molecule has 0 saturated heterocycles. The van der Waals surface area contributed by atoms with Crippen LogP contribution in [0, 0.1) is 0 Å². The molecule has 0 bridgehead atoms. The topological polar surface area (TPSA) is 71.6 Å². The van der Waals surface area contributed by atoms with Gasteiger partial charge >= 0.3 is 0 Å². The third kappa shape index (κ3) is 4.05. The molecule has 1 amide bonds. The van der Waals surface area contributed by atoms with Crippen molar-refractivity contribution in [3.63, 3.8) is 0 Å². The first kappa shape index (κ1) is 20.0. The van der Waals surface area contributed by atoms with Crippen LogP contribution >= 0.6 is 23.8 Å². The molecule has 3 rings (SSSR count). The Balaban J connectivity index is 2.02. The second-order valence-electron chi connectivity index (χ2n) is 6.13. The molecule has 0 radical (unpaired) electrons. The van der Waals surface area contributed by atoms with E-state index in [4.69, 9.17) is 33.3 Å². The molecule has 0 aromatic heterocycles. The fourth-order valence-electron chi connectivity index (χ4n) is 3.07. The van der Waals surface area contributed by atoms with Gasteiger partial charge in [0.05, 0.1) is 30.9 Å². The number of carbonyl (C=O) groups is 1. The number of para-hydroxylation sites is 1. The van der Waals surface area contributed by atoms with E-state index >= 15 is 0 Å². The minimum atomic E-state index is -0.505. The largest absolute Gasteiger partial charge is 0.493 e. The first-order valence-electron chi connectivity index (χ1n) is 8.50. The standard InChI is InChI=1S/C20H20ClN3O3S/c1-11-16(19(25)23-13-7-5-4-6-8-13)17(24-20(28)22-11)12-9-14(21)18(27-3)15(10-12)26-2/h4-10,17H,1-3H3,(H,23,25)(H2,22,24,28)/t17-/m1/s1. The smallest absolute Gasteiger partial charge is 0.255 e. The van der Waals surface area contributed by atoms with Crippen LogP contribution in [0.1, 0.15) is 18.5 Å². The highest BCUT2D eigenvalue weighted by Crippen LogP contribution is 2.39. The van der Waals surface area contributed by atoms with Gasteiger partial charge in [0.15, 0.2) is 16.6 Å². The van der Waals surface area contributed by atoms with E-state index in [-0.39, 0.29) is 5.91 Å². The minimum absolute atomic E-state index is 0.248. The van der Waals surface area contributed by atoms with Crippen LogP contribution in [0.25, 0.3) is 0 Å². The number of thiocarbonyl (C=S) groups is 1. The highest BCUT2D eigenvalue weighted by molar-refractivity contribution is 7.80. The first-order valence-corrected chi connectivity index (χ1v) is 9.29. The Kier molecular flexibility index (Phi) is 6.06. The summed E-state index contributed by atoms with van der Waals surface area (Å²) in [4.78, 5) is 13.0. The third-order valence-electron chi connectivity index (χ3n) is 4.33. The molecule has 146 valence electrons. The molecule has 1 heterocycles. The van der Waals surface area contributed by atoms with Gasteiger partial charge < -0.3 is 25.4 Å². The summed E-state index contributed by atoms with van der Waals surface area (Å²) >= 11 is 11.7. The molecule has 2 aromatic rings. The molecule has 1 aliphatic rings. The molecule has 0 saturated carbocycles. The zero-order valence-corrected chi connectivity index (χ0v) is 17.2. The van der Waals surface area contributed by atoms with Crippen LogP contribution in [0.2, 0.25) is 5.02 Å². The molecule has 1 aliphatic heterocycles. The lowest BCUT2D eigenvalue weighted by Crippen LogP contribution is -2.45. The Morgan fingerprint density at radius 2 is 1.89 bits per heavy atom. The second-order valence-corrected chi connectivity index (χ2v) is 6.94. The van der Waals surface area contributed by atoms with E-state index in [9.17, 15) is 4.79 Å². The SMILES string of the molecule is COc1cc([C@H]2NC(=S)NC(C)=C2C(=O)Nc2ccccc2)cc(Cl)c1OC. The van der Waals surface area contributed by atoms with E-state index in [1.165, 1.54) is 14.2 Å². The number of ether oxygens (including phenoxy) is 2. The Labute approximate surface area is 173 Å². The fraction of sp³-hybridized carbons (Fsp3) is 0.200. The number of hydrogen-bond acceptors (Lipinski definition) is 4. The summed E-state index contributed by atoms with van der Waals surface area (Å²) in [5, 5.41) is 9.87. The number of methoxy groups -OCH3 is 2. The molecule has 1 atom stereocenters. The number of carbonyl (C=O) groups excluding carboxylic acids is 1. The van der Waals surface area contributed by atoms with Gasteiger partial charge in [-0.05, 0) is 49.0 Å². The molecule has 2 aromatic carbocycles. The number of nitrogens with one attached hydrogen (secondary N) is 3. The van der Waals surface area contributed by atoms with Crippen LogP contribution in [0.5, 0.6) is 11.5 Å². The van der Waals surface area contributed by atoms with Gasteiger partial charge in [0.2, 0.25) is 0 Å². The molecule has 28 heavy (non-hydrogen) atoms. The van der Waals surface area contributed by atoms with Gasteiger partial charge in [0.25, 0.3) is 5.91 Å². The van der Waals surface area contributed by atoms with E-state index < -0.39 is 6.04 Å². The van der Waals surface area contributed by atoms with E-state index in [2.05, 4.69) is 16.0 Å². The van der Waals surface area contributed by atoms with Gasteiger partial charge in [0.1, 0.15) is 0 Å². The number of allylic oxidation sites excluding steroid dienone is 1. The maximum Gasteiger partial charge on any atom is 0.255 e. The predicted octanol–water partition coefficient (Wildman–Crippen LogP) is 3.79. The van der Waals surface area contributed by atoms with Crippen LogP contribution in [-0.4, -0.2) is 25.2 Å². The molecule has 8 heteroatoms. The summed E-state index contributed by atoms with van der Waals surface area (Å²) in [5.41, 5.74) is 2.59. The summed E-state index contributed by atoms with van der Waals surface area (Å²) in [5.74, 6) is 0.652. The number of amides is 1. The summed E-state index contributed by atoms with van der Waals surface area (Å²) in [6, 6.07) is 12.3. The summed E-state index contributed by atoms with van der Waals surface area (Å²) in [7, 11) is 3.05. The number of benzene rings is 2. The lowest BCUT2D eigenvalue weighted by Gasteiger charge is -2.31. The van der Waals surface area contributed by atoms with E-state index in [1.54, 1.807) is 12.1 Å². The molecule has 0 spiro atoms. The molecular weight excluding hydrogens is 398 g/mol. The number of halogens is 1. The van der Waals surface area contributed by atoms with Crippen molar-refractivity contribution >= 4 is 40.5 Å². The normalized spacial score (nSPS) is 16.1. The third-order valence-corrected chi connectivity index (χ3v) is 4.84. The van der Waals surface area contributed by atoms with Crippen LogP contribution in [0.3, 0.4) is 0 Å². The number of hydrogen-bond donors (Lipinski definition) is 3. The van der Waals surface area contributed by atoms with Crippen molar-refractivity contribution in [2.45, 2.75) is 13.0 Å². The average molecular weight is 418 g/mol. The van der Waals surface area contributed by atoms with E-state index in [0.29, 0.717) is 38.6 Å². The minimum Gasteiger partial charge on any atom is -0.493 e. The highest BCUT2D eigenvalue weighted by atomic mass is 35.5. The highest BCUT2D eigenvalue weighted by Gasteiger charge is 2.31. The van der Waals surface area contributed by atoms with Gasteiger partial charge in [-0.15, -0.1) is 0 Å². The van der Waals surface area contributed by atoms with Gasteiger partial charge in [-0.2, -0.15) is 0 Å². The Bertz CT molecular complexity index is 947. The monoisotopic (exact) mass is 417 g/mol. The van der Waals surface area contributed by atoms with Crippen LogP contribution < -0.4 is 25.4 Å². The Morgan fingerprint density at radius 3 is 2.54 bits per heavy atom. The lowest BCUT2D eigenvalue weighted by atomic mass is 9.94. The Morgan fingerprint density at radius 1 is 1.18 bits per heavy atom. The zero-order chi connectivity index (χ0) is 20.3. The van der Waals surface area contributed by atoms with Crippen molar-refractivity contribution < 1.29 is 14.3 Å². The molecule has 6 nitrogen and oxygen atoms in total. The quantitative estimate of drug-likeness (QED) is 0.643. The number of rotatable bonds is 5. The first-order chi connectivity index (χ1) is 13.4. The van der Waals surface area contributed by atoms with E-state index in [1.807, 2.05) is 37.3 Å². The fourth-order valence-corrected chi connectivity index (χ4v) is 3.64. The maximum absolute atomic E-state index is 13.0. The van der Waals surface area contributed by atoms with Crippen molar-refractivity contribution in [1.82, 2.24) is 10.6 Å². The van der Waals surface area contributed by atoms with Crippen LogP contribution in [-0.2, 0) is 4.79 Å². The summed E-state index contributed by atoms with van der Waals surface area (Å²) in [6.45, 7) is 1.81. The molecule has 0 unspecified atom stereocenters. The van der Waals surface area contributed by atoms with Gasteiger partial charge in [-0.1, -0.05) is 29.8 Å². The van der Waals surface area contributed by atoms with Crippen LogP contribution in [0.15, 0.2) is 53.7 Å². The van der Waals surface area contributed by atoms with Gasteiger partial charge in [-0.25, -0.2) is 0 Å². The van der Waals surface area contributed by atoms with Crippen LogP contribution in [0.4, 0.5) is 5.69 Å². The van der Waals surface area contributed by atoms with E-state index in [0.717, 1.165) is 5.56 Å². The zero-order valence-electron chi connectivity index (χ0n) is 15.6. The summed E-state index contributed by atoms with van der Waals surface area (Å²) in [6.07, 6.45) is 0. The lowest BCUT2D eigenvalue weighted by molar-refractivity contribution is -0.113. The second kappa shape index (κ2) is 8.50. The molecule has 0 aliphatic carbocycles. The average Bonchev–Trinajstić information content (AvgIpc) is 2.67. The van der Waals surface area contributed by atoms with Gasteiger partial charge in [0, 0.05) is 11.4 Å². The van der Waals surface area contributed by atoms with Crippen molar-refractivity contribution in [2.75, 3.05) is 19.5 Å². The summed E-state index contributed by atoms with van der Waals surface area (Å²) < 4.78 is 10.7. The molecular formula is C20H20ClN3O3S.